The monoisotopic (exact) mass is 321 g/mol. The molecule has 1 saturated heterocycles. The Morgan fingerprint density at radius 1 is 1.52 bits per heavy atom. The standard InChI is InChI=1S/C16H20ClN3S/c1-10(2)5-13-9-21-16(20(13)4)19-15-11(3)6-12(8-18)7-14(15)17/h6-7,10,13H,5,9H2,1-4H3/t13-/m0/s1. The molecule has 2 rings (SSSR count). The predicted octanol–water partition coefficient (Wildman–Crippen LogP) is 4.60. The van der Waals surface area contributed by atoms with E-state index in [9.17, 15) is 0 Å². The van der Waals surface area contributed by atoms with Gasteiger partial charge in [-0.2, -0.15) is 5.26 Å². The first-order chi connectivity index (χ1) is 9.92. The quantitative estimate of drug-likeness (QED) is 0.816. The average Bonchev–Trinajstić information content (AvgIpc) is 2.74. The van der Waals surface area contributed by atoms with Crippen LogP contribution in [-0.4, -0.2) is 28.9 Å². The second-order valence-electron chi connectivity index (χ2n) is 5.84. The normalized spacial score (nSPS) is 20.3. The van der Waals surface area contributed by atoms with Crippen molar-refractivity contribution in [2.24, 2.45) is 10.9 Å². The minimum atomic E-state index is 0.534. The van der Waals surface area contributed by atoms with E-state index in [4.69, 9.17) is 21.9 Å². The van der Waals surface area contributed by atoms with Crippen molar-refractivity contribution in [1.29, 1.82) is 5.26 Å². The molecule has 0 aliphatic carbocycles. The molecule has 1 aliphatic rings. The van der Waals surface area contributed by atoms with Crippen LogP contribution in [0.4, 0.5) is 5.69 Å². The van der Waals surface area contributed by atoms with E-state index in [1.54, 1.807) is 17.8 Å². The minimum Gasteiger partial charge on any atom is -0.350 e. The predicted molar refractivity (Wildman–Crippen MR) is 91.5 cm³/mol. The molecule has 3 nitrogen and oxygen atoms in total. The SMILES string of the molecule is Cc1cc(C#N)cc(Cl)c1N=C1SC[C@H](CC(C)C)N1C. The van der Waals surface area contributed by atoms with Crippen molar-refractivity contribution in [2.75, 3.05) is 12.8 Å². The lowest BCUT2D eigenvalue weighted by Gasteiger charge is -2.22. The van der Waals surface area contributed by atoms with E-state index in [2.05, 4.69) is 31.9 Å². The van der Waals surface area contributed by atoms with Crippen molar-refractivity contribution in [3.05, 3.63) is 28.3 Å². The lowest BCUT2D eigenvalue weighted by molar-refractivity contribution is 0.351. The van der Waals surface area contributed by atoms with E-state index in [1.807, 2.05) is 13.0 Å². The lowest BCUT2D eigenvalue weighted by atomic mass is 10.0. The zero-order valence-electron chi connectivity index (χ0n) is 12.9. The van der Waals surface area contributed by atoms with Crippen molar-refractivity contribution in [3.8, 4) is 6.07 Å². The number of aryl methyl sites for hydroxylation is 1. The van der Waals surface area contributed by atoms with Crippen LogP contribution in [0.15, 0.2) is 17.1 Å². The molecule has 0 saturated carbocycles. The van der Waals surface area contributed by atoms with Gasteiger partial charge >= 0.3 is 0 Å². The first kappa shape index (κ1) is 16.2. The number of rotatable bonds is 3. The van der Waals surface area contributed by atoms with Gasteiger partial charge in [-0.3, -0.25) is 0 Å². The summed E-state index contributed by atoms with van der Waals surface area (Å²) in [7, 11) is 2.10. The highest BCUT2D eigenvalue weighted by Crippen LogP contribution is 2.34. The Balaban J connectivity index is 2.27. The Hall–Kier alpha value is -1.18. The molecule has 1 atom stereocenters. The largest absolute Gasteiger partial charge is 0.350 e. The van der Waals surface area contributed by atoms with E-state index in [-0.39, 0.29) is 0 Å². The molecule has 0 N–H and O–H groups in total. The number of hydrogen-bond donors (Lipinski definition) is 0. The van der Waals surface area contributed by atoms with E-state index >= 15 is 0 Å². The van der Waals surface area contributed by atoms with Crippen LogP contribution < -0.4 is 0 Å². The zero-order valence-corrected chi connectivity index (χ0v) is 14.4. The summed E-state index contributed by atoms with van der Waals surface area (Å²) in [6.07, 6.45) is 1.17. The number of halogens is 1. The van der Waals surface area contributed by atoms with E-state index in [0.29, 0.717) is 22.5 Å². The number of benzene rings is 1. The number of hydrogen-bond acceptors (Lipinski definition) is 3. The molecule has 5 heteroatoms. The van der Waals surface area contributed by atoms with Crippen LogP contribution in [-0.2, 0) is 0 Å². The summed E-state index contributed by atoms with van der Waals surface area (Å²) < 4.78 is 0. The zero-order chi connectivity index (χ0) is 15.6. The van der Waals surface area contributed by atoms with Crippen molar-refractivity contribution in [2.45, 2.75) is 33.2 Å². The lowest BCUT2D eigenvalue weighted by Crippen LogP contribution is -2.30. The third kappa shape index (κ3) is 3.72. The molecule has 1 aliphatic heterocycles. The maximum Gasteiger partial charge on any atom is 0.164 e. The highest BCUT2D eigenvalue weighted by Gasteiger charge is 2.27. The first-order valence-electron chi connectivity index (χ1n) is 7.07. The first-order valence-corrected chi connectivity index (χ1v) is 8.43. The van der Waals surface area contributed by atoms with Crippen molar-refractivity contribution >= 4 is 34.2 Å². The van der Waals surface area contributed by atoms with Crippen LogP contribution >= 0.6 is 23.4 Å². The fourth-order valence-corrected chi connectivity index (χ4v) is 3.98. The molecule has 0 radical (unpaired) electrons. The summed E-state index contributed by atoms with van der Waals surface area (Å²) in [5, 5.41) is 10.5. The molecule has 0 amide bonds. The summed E-state index contributed by atoms with van der Waals surface area (Å²) >= 11 is 8.05. The van der Waals surface area contributed by atoms with Crippen LogP contribution in [0.3, 0.4) is 0 Å². The second-order valence-corrected chi connectivity index (χ2v) is 7.23. The van der Waals surface area contributed by atoms with Gasteiger partial charge in [-0.25, -0.2) is 4.99 Å². The van der Waals surface area contributed by atoms with Gasteiger partial charge in [0, 0.05) is 18.8 Å². The third-order valence-corrected chi connectivity index (χ3v) is 5.07. The number of amidine groups is 1. The van der Waals surface area contributed by atoms with Gasteiger partial charge in [-0.15, -0.1) is 0 Å². The van der Waals surface area contributed by atoms with Gasteiger partial charge < -0.3 is 4.90 Å². The number of nitriles is 1. The second kappa shape index (κ2) is 6.72. The molecule has 0 bridgehead atoms. The van der Waals surface area contributed by atoms with Gasteiger partial charge in [0.05, 0.1) is 22.3 Å². The maximum atomic E-state index is 8.97. The van der Waals surface area contributed by atoms with Crippen LogP contribution in [0, 0.1) is 24.2 Å². The van der Waals surface area contributed by atoms with E-state index in [0.717, 1.165) is 22.2 Å². The van der Waals surface area contributed by atoms with Gasteiger partial charge in [-0.1, -0.05) is 37.2 Å². The number of aliphatic imine (C=N–C) groups is 1. The molecular weight excluding hydrogens is 302 g/mol. The van der Waals surface area contributed by atoms with Gasteiger partial charge in [0.1, 0.15) is 0 Å². The van der Waals surface area contributed by atoms with Gasteiger partial charge in [-0.05, 0) is 37.0 Å². The summed E-state index contributed by atoms with van der Waals surface area (Å²) in [6, 6.07) is 6.16. The highest BCUT2D eigenvalue weighted by atomic mass is 35.5. The van der Waals surface area contributed by atoms with Crippen LogP contribution in [0.5, 0.6) is 0 Å². The van der Waals surface area contributed by atoms with Crippen molar-refractivity contribution in [3.63, 3.8) is 0 Å². The van der Waals surface area contributed by atoms with Crippen LogP contribution in [0.25, 0.3) is 0 Å². The van der Waals surface area contributed by atoms with Gasteiger partial charge in [0.25, 0.3) is 0 Å². The number of nitrogens with zero attached hydrogens (tertiary/aromatic N) is 3. The van der Waals surface area contributed by atoms with E-state index < -0.39 is 0 Å². The molecule has 0 spiro atoms. The van der Waals surface area contributed by atoms with Crippen molar-refractivity contribution in [1.82, 2.24) is 4.90 Å². The molecule has 1 heterocycles. The Labute approximate surface area is 136 Å². The highest BCUT2D eigenvalue weighted by molar-refractivity contribution is 8.14. The minimum absolute atomic E-state index is 0.534. The van der Waals surface area contributed by atoms with Gasteiger partial charge in [0.15, 0.2) is 5.17 Å². The smallest absolute Gasteiger partial charge is 0.164 e. The summed E-state index contributed by atoms with van der Waals surface area (Å²) in [4.78, 5) is 6.98. The number of thioether (sulfide) groups is 1. The molecule has 1 aromatic rings. The maximum absolute atomic E-state index is 8.97. The topological polar surface area (TPSA) is 39.4 Å². The molecule has 1 aromatic carbocycles. The molecule has 21 heavy (non-hydrogen) atoms. The molecule has 1 fully saturated rings. The Morgan fingerprint density at radius 3 is 2.81 bits per heavy atom. The van der Waals surface area contributed by atoms with Crippen molar-refractivity contribution < 1.29 is 0 Å². The molecule has 0 aromatic heterocycles. The fraction of sp³-hybridized carbons (Fsp3) is 0.500. The summed E-state index contributed by atoms with van der Waals surface area (Å²) in [5.41, 5.74) is 2.29. The molecule has 112 valence electrons. The Morgan fingerprint density at radius 2 is 2.24 bits per heavy atom. The van der Waals surface area contributed by atoms with Crippen LogP contribution in [0.2, 0.25) is 5.02 Å². The van der Waals surface area contributed by atoms with E-state index in [1.165, 1.54) is 6.42 Å². The fourth-order valence-electron chi connectivity index (χ4n) is 2.46. The van der Waals surface area contributed by atoms with Crippen LogP contribution in [0.1, 0.15) is 31.4 Å². The van der Waals surface area contributed by atoms with Gasteiger partial charge in [0.2, 0.25) is 0 Å². The average molecular weight is 322 g/mol. The molecule has 0 unspecified atom stereocenters. The Kier molecular flexibility index (Phi) is 5.18. The third-order valence-electron chi connectivity index (χ3n) is 3.59. The Bertz CT molecular complexity index is 581. The summed E-state index contributed by atoms with van der Waals surface area (Å²) in [5.74, 6) is 1.75. The summed E-state index contributed by atoms with van der Waals surface area (Å²) in [6.45, 7) is 6.43. The molecular formula is C16H20ClN3S.